The predicted octanol–water partition coefficient (Wildman–Crippen LogP) is 3.76. The molecular weight excluding hydrogens is 296 g/mol. The van der Waals surface area contributed by atoms with Crippen molar-refractivity contribution in [3.63, 3.8) is 0 Å². The van der Waals surface area contributed by atoms with Gasteiger partial charge in [-0.25, -0.2) is 0 Å². The fraction of sp³-hybridized carbons (Fsp3) is 0.118. The number of nitro benzene ring substituents is 1. The average molecular weight is 310 g/mol. The van der Waals surface area contributed by atoms with E-state index < -0.39 is 4.92 Å². The monoisotopic (exact) mass is 310 g/mol. The molecule has 0 aromatic heterocycles. The van der Waals surface area contributed by atoms with Crippen LogP contribution in [-0.2, 0) is 0 Å². The van der Waals surface area contributed by atoms with Gasteiger partial charge in [-0.2, -0.15) is 5.26 Å². The standard InChI is InChI=1S/C17H14N2O4/c1-2-23-17-10-12(3-8-16(17)20)9-14(11-18)13-4-6-15(7-5-13)19(21)22/h3-10,20H,2H2,1H3/b14-9-. The molecule has 0 unspecified atom stereocenters. The second-order valence-corrected chi connectivity index (χ2v) is 4.63. The molecule has 23 heavy (non-hydrogen) atoms. The first-order valence-electron chi connectivity index (χ1n) is 6.87. The summed E-state index contributed by atoms with van der Waals surface area (Å²) in [5.74, 6) is 0.361. The van der Waals surface area contributed by atoms with Gasteiger partial charge in [0.05, 0.1) is 23.2 Å². The van der Waals surface area contributed by atoms with E-state index in [0.717, 1.165) is 0 Å². The highest BCUT2D eigenvalue weighted by Crippen LogP contribution is 2.29. The molecule has 0 heterocycles. The zero-order chi connectivity index (χ0) is 16.8. The maximum absolute atomic E-state index is 10.7. The summed E-state index contributed by atoms with van der Waals surface area (Å²) >= 11 is 0. The van der Waals surface area contributed by atoms with Crippen LogP contribution in [0.3, 0.4) is 0 Å². The van der Waals surface area contributed by atoms with E-state index in [1.807, 2.05) is 0 Å². The number of nitro groups is 1. The Hall–Kier alpha value is -3.33. The smallest absolute Gasteiger partial charge is 0.269 e. The second kappa shape index (κ2) is 7.09. The molecule has 0 bridgehead atoms. The fourth-order valence-corrected chi connectivity index (χ4v) is 2.00. The van der Waals surface area contributed by atoms with Crippen LogP contribution in [0.4, 0.5) is 5.69 Å². The van der Waals surface area contributed by atoms with E-state index in [1.54, 1.807) is 25.1 Å². The van der Waals surface area contributed by atoms with Crippen molar-refractivity contribution < 1.29 is 14.8 Å². The summed E-state index contributed by atoms with van der Waals surface area (Å²) in [5.41, 5.74) is 1.58. The molecule has 0 atom stereocenters. The minimum absolute atomic E-state index is 0.0258. The van der Waals surface area contributed by atoms with Crippen LogP contribution >= 0.6 is 0 Å². The van der Waals surface area contributed by atoms with Gasteiger partial charge in [-0.1, -0.05) is 6.07 Å². The van der Waals surface area contributed by atoms with E-state index in [9.17, 15) is 20.5 Å². The van der Waals surface area contributed by atoms with Crippen LogP contribution in [0, 0.1) is 21.4 Å². The molecule has 2 aromatic carbocycles. The van der Waals surface area contributed by atoms with Crippen molar-refractivity contribution >= 4 is 17.3 Å². The molecule has 0 aliphatic rings. The van der Waals surface area contributed by atoms with E-state index in [1.165, 1.54) is 30.3 Å². The molecule has 1 N–H and O–H groups in total. The Labute approximate surface area is 133 Å². The molecule has 0 saturated carbocycles. The van der Waals surface area contributed by atoms with Crippen LogP contribution in [-0.4, -0.2) is 16.6 Å². The molecule has 6 nitrogen and oxygen atoms in total. The second-order valence-electron chi connectivity index (χ2n) is 4.63. The zero-order valence-electron chi connectivity index (χ0n) is 12.4. The fourth-order valence-electron chi connectivity index (χ4n) is 2.00. The summed E-state index contributed by atoms with van der Waals surface area (Å²) in [7, 11) is 0. The van der Waals surface area contributed by atoms with Gasteiger partial charge < -0.3 is 9.84 Å². The number of phenolic OH excluding ortho intramolecular Hbond substituents is 1. The molecule has 0 aliphatic heterocycles. The Morgan fingerprint density at radius 1 is 1.35 bits per heavy atom. The molecule has 0 spiro atoms. The molecular formula is C17H14N2O4. The molecule has 0 radical (unpaired) electrons. The van der Waals surface area contributed by atoms with Gasteiger partial charge in [-0.3, -0.25) is 10.1 Å². The van der Waals surface area contributed by atoms with Gasteiger partial charge in [0.2, 0.25) is 0 Å². The minimum atomic E-state index is -0.492. The molecule has 0 amide bonds. The maximum Gasteiger partial charge on any atom is 0.269 e. The van der Waals surface area contributed by atoms with Crippen molar-refractivity contribution in [3.8, 4) is 17.6 Å². The summed E-state index contributed by atoms with van der Waals surface area (Å²) < 4.78 is 5.30. The lowest BCUT2D eigenvalue weighted by Gasteiger charge is -2.07. The van der Waals surface area contributed by atoms with Crippen LogP contribution in [0.2, 0.25) is 0 Å². The van der Waals surface area contributed by atoms with E-state index in [0.29, 0.717) is 29.1 Å². The Bertz CT molecular complexity index is 789. The Morgan fingerprint density at radius 3 is 2.61 bits per heavy atom. The van der Waals surface area contributed by atoms with Crippen molar-refractivity contribution in [1.82, 2.24) is 0 Å². The predicted molar refractivity (Wildman–Crippen MR) is 85.9 cm³/mol. The van der Waals surface area contributed by atoms with Gasteiger partial charge in [0.1, 0.15) is 0 Å². The number of rotatable bonds is 5. The maximum atomic E-state index is 10.7. The topological polar surface area (TPSA) is 96.4 Å². The van der Waals surface area contributed by atoms with Crippen LogP contribution in [0.5, 0.6) is 11.5 Å². The number of ether oxygens (including phenoxy) is 1. The van der Waals surface area contributed by atoms with E-state index in [4.69, 9.17) is 4.74 Å². The largest absolute Gasteiger partial charge is 0.504 e. The van der Waals surface area contributed by atoms with Gasteiger partial charge >= 0.3 is 0 Å². The molecule has 0 fully saturated rings. The van der Waals surface area contributed by atoms with Gasteiger partial charge in [0.25, 0.3) is 5.69 Å². The number of hydrogen-bond acceptors (Lipinski definition) is 5. The Morgan fingerprint density at radius 2 is 2.04 bits per heavy atom. The third-order valence-corrected chi connectivity index (χ3v) is 3.10. The summed E-state index contributed by atoms with van der Waals surface area (Å²) in [6.45, 7) is 2.22. The van der Waals surface area contributed by atoms with Crippen LogP contribution in [0.1, 0.15) is 18.1 Å². The SMILES string of the molecule is CCOc1cc(/C=C(/C#N)c2ccc([N+](=O)[O-])cc2)ccc1O. The van der Waals surface area contributed by atoms with Gasteiger partial charge in [0.15, 0.2) is 11.5 Å². The quantitative estimate of drug-likeness (QED) is 0.392. The lowest BCUT2D eigenvalue weighted by Crippen LogP contribution is -1.92. The normalized spacial score (nSPS) is 10.9. The minimum Gasteiger partial charge on any atom is -0.504 e. The molecule has 2 aromatic rings. The van der Waals surface area contributed by atoms with Crippen LogP contribution in [0.25, 0.3) is 11.6 Å². The first-order chi connectivity index (χ1) is 11.0. The summed E-state index contributed by atoms with van der Waals surface area (Å²) in [6.07, 6.45) is 1.63. The molecule has 6 heteroatoms. The van der Waals surface area contributed by atoms with E-state index in [2.05, 4.69) is 6.07 Å². The number of aromatic hydroxyl groups is 1. The number of phenols is 1. The molecule has 0 saturated heterocycles. The summed E-state index contributed by atoms with van der Waals surface area (Å²) in [6, 6.07) is 12.6. The number of benzene rings is 2. The lowest BCUT2D eigenvalue weighted by molar-refractivity contribution is -0.384. The number of nitriles is 1. The molecule has 116 valence electrons. The number of allylic oxidation sites excluding steroid dienone is 1. The lowest BCUT2D eigenvalue weighted by atomic mass is 10.0. The number of nitrogens with zero attached hydrogens (tertiary/aromatic N) is 2. The van der Waals surface area contributed by atoms with Crippen molar-refractivity contribution in [1.29, 1.82) is 5.26 Å². The van der Waals surface area contributed by atoms with Crippen molar-refractivity contribution in [2.24, 2.45) is 0 Å². The zero-order valence-corrected chi connectivity index (χ0v) is 12.4. The van der Waals surface area contributed by atoms with Crippen molar-refractivity contribution in [2.75, 3.05) is 6.61 Å². The summed E-state index contributed by atoms with van der Waals surface area (Å²) in [4.78, 5) is 10.2. The Balaban J connectivity index is 2.37. The highest BCUT2D eigenvalue weighted by atomic mass is 16.6. The average Bonchev–Trinajstić information content (AvgIpc) is 2.56. The van der Waals surface area contributed by atoms with E-state index in [-0.39, 0.29) is 11.4 Å². The molecule has 2 rings (SSSR count). The van der Waals surface area contributed by atoms with Crippen molar-refractivity contribution in [2.45, 2.75) is 6.92 Å². The van der Waals surface area contributed by atoms with E-state index >= 15 is 0 Å². The third kappa shape index (κ3) is 3.86. The van der Waals surface area contributed by atoms with Gasteiger partial charge in [0, 0.05) is 12.1 Å². The highest BCUT2D eigenvalue weighted by Gasteiger charge is 2.08. The van der Waals surface area contributed by atoms with Crippen molar-refractivity contribution in [3.05, 3.63) is 63.7 Å². The molecule has 0 aliphatic carbocycles. The number of hydrogen-bond donors (Lipinski definition) is 1. The highest BCUT2D eigenvalue weighted by molar-refractivity contribution is 5.90. The third-order valence-electron chi connectivity index (χ3n) is 3.10. The van der Waals surface area contributed by atoms with Gasteiger partial charge in [-0.15, -0.1) is 0 Å². The summed E-state index contributed by atoms with van der Waals surface area (Å²) in [5, 5.41) is 29.7. The number of non-ortho nitro benzene ring substituents is 1. The first kappa shape index (κ1) is 16.0. The van der Waals surface area contributed by atoms with Crippen LogP contribution < -0.4 is 4.74 Å². The van der Waals surface area contributed by atoms with Crippen LogP contribution in [0.15, 0.2) is 42.5 Å². The Kier molecular flexibility index (Phi) is 4.95. The first-order valence-corrected chi connectivity index (χ1v) is 6.87. The van der Waals surface area contributed by atoms with Gasteiger partial charge in [-0.05, 0) is 48.4 Å².